The monoisotopic (exact) mass is 449 g/mol. The second kappa shape index (κ2) is 10.4. The van der Waals surface area contributed by atoms with Crippen LogP contribution in [0.25, 0.3) is 0 Å². The van der Waals surface area contributed by atoms with E-state index in [1.54, 1.807) is 0 Å². The summed E-state index contributed by atoms with van der Waals surface area (Å²) in [7, 11) is 1.27. The highest BCUT2D eigenvalue weighted by Gasteiger charge is 2.29. The Kier molecular flexibility index (Phi) is 7.61. The maximum Gasteiger partial charge on any atom is 0.416 e. The summed E-state index contributed by atoms with van der Waals surface area (Å²) in [6, 6.07) is 9.30. The van der Waals surface area contributed by atoms with Gasteiger partial charge in [0.25, 0.3) is 0 Å². The number of benzene rings is 2. The molecular formula is C23H26F3N3O3. The van der Waals surface area contributed by atoms with Crippen LogP contribution < -0.4 is 10.6 Å². The van der Waals surface area contributed by atoms with Gasteiger partial charge in [-0.2, -0.15) is 13.2 Å². The van der Waals surface area contributed by atoms with Gasteiger partial charge in [0.2, 0.25) is 0 Å². The predicted octanol–water partition coefficient (Wildman–Crippen LogP) is 5.09. The van der Waals surface area contributed by atoms with Crippen LogP contribution in [-0.2, 0) is 17.5 Å². The van der Waals surface area contributed by atoms with Crippen LogP contribution in [-0.4, -0.2) is 30.2 Å². The number of ether oxygens (including phenoxy) is 1. The van der Waals surface area contributed by atoms with Gasteiger partial charge in [0.05, 0.1) is 30.5 Å². The van der Waals surface area contributed by atoms with Crippen molar-refractivity contribution in [3.05, 3.63) is 59.2 Å². The molecule has 9 heteroatoms. The van der Waals surface area contributed by atoms with E-state index < -0.39 is 17.7 Å². The molecule has 1 aliphatic rings. The van der Waals surface area contributed by atoms with Crippen LogP contribution >= 0.6 is 0 Å². The van der Waals surface area contributed by atoms with Crippen molar-refractivity contribution in [1.29, 1.82) is 0 Å². The number of esters is 1. The Morgan fingerprint density at radius 2 is 1.81 bits per heavy atom. The van der Waals surface area contributed by atoms with E-state index in [1.165, 1.54) is 43.9 Å². The number of phenols is 1. The minimum absolute atomic E-state index is 0.0784. The zero-order chi connectivity index (χ0) is 23.1. The van der Waals surface area contributed by atoms with Gasteiger partial charge < -0.3 is 20.5 Å². The van der Waals surface area contributed by atoms with Gasteiger partial charge in [-0.25, -0.2) is 9.79 Å². The minimum Gasteiger partial charge on any atom is -0.506 e. The number of nitrogens with one attached hydrogen (secondary N) is 2. The van der Waals surface area contributed by atoms with Crippen LogP contribution in [0.1, 0.15) is 53.6 Å². The van der Waals surface area contributed by atoms with E-state index in [0.717, 1.165) is 37.8 Å². The summed E-state index contributed by atoms with van der Waals surface area (Å²) in [6.45, 7) is 0.137. The van der Waals surface area contributed by atoms with Crippen molar-refractivity contribution in [2.75, 3.05) is 12.4 Å². The molecule has 0 radical (unpaired) electrons. The molecule has 2 aromatic carbocycles. The minimum atomic E-state index is -4.39. The lowest BCUT2D eigenvalue weighted by molar-refractivity contribution is -0.137. The van der Waals surface area contributed by atoms with Gasteiger partial charge in [-0.05, 0) is 48.7 Å². The van der Waals surface area contributed by atoms with E-state index in [4.69, 9.17) is 4.74 Å². The topological polar surface area (TPSA) is 83.0 Å². The highest BCUT2D eigenvalue weighted by atomic mass is 19.4. The van der Waals surface area contributed by atoms with Crippen LogP contribution in [0.4, 0.5) is 18.9 Å². The van der Waals surface area contributed by atoms with Crippen LogP contribution in [0.2, 0.25) is 0 Å². The lowest BCUT2D eigenvalue weighted by Crippen LogP contribution is -2.40. The molecule has 32 heavy (non-hydrogen) atoms. The average molecular weight is 449 g/mol. The average Bonchev–Trinajstić information content (AvgIpc) is 2.78. The van der Waals surface area contributed by atoms with Gasteiger partial charge in [-0.15, -0.1) is 0 Å². The Balaban J connectivity index is 1.81. The number of phenolic OH excluding ortho intramolecular Hbond substituents is 1. The molecule has 0 aromatic heterocycles. The SMILES string of the molecule is COC(=O)c1ccc(O)c(NC(=NCc2ccc(C(F)(F)F)cc2)NC2CCCCC2)c1. The highest BCUT2D eigenvalue weighted by molar-refractivity contribution is 5.97. The number of rotatable bonds is 5. The van der Waals surface area contributed by atoms with E-state index in [1.807, 2.05) is 0 Å². The van der Waals surface area contributed by atoms with E-state index in [9.17, 15) is 23.1 Å². The fraction of sp³-hybridized carbons (Fsp3) is 0.391. The van der Waals surface area contributed by atoms with E-state index in [0.29, 0.717) is 11.5 Å². The number of halogens is 3. The number of alkyl halides is 3. The largest absolute Gasteiger partial charge is 0.506 e. The van der Waals surface area contributed by atoms with Crippen molar-refractivity contribution in [2.45, 2.75) is 50.9 Å². The zero-order valence-electron chi connectivity index (χ0n) is 17.7. The fourth-order valence-electron chi connectivity index (χ4n) is 3.54. The first-order valence-electron chi connectivity index (χ1n) is 10.4. The number of hydrogen-bond acceptors (Lipinski definition) is 4. The first-order valence-corrected chi connectivity index (χ1v) is 10.4. The summed E-state index contributed by atoms with van der Waals surface area (Å²) in [5.41, 5.74) is 0.415. The summed E-state index contributed by atoms with van der Waals surface area (Å²) in [6.07, 6.45) is 0.898. The van der Waals surface area contributed by atoms with Gasteiger partial charge in [-0.1, -0.05) is 31.4 Å². The molecule has 3 N–H and O–H groups in total. The van der Waals surface area contributed by atoms with Crippen LogP contribution in [0.3, 0.4) is 0 Å². The molecule has 1 fully saturated rings. The zero-order valence-corrected chi connectivity index (χ0v) is 17.7. The Morgan fingerprint density at radius 3 is 2.44 bits per heavy atom. The molecule has 0 atom stereocenters. The maximum atomic E-state index is 12.8. The Hall–Kier alpha value is -3.23. The number of aliphatic imine (C=N–C) groups is 1. The summed E-state index contributed by atoms with van der Waals surface area (Å²) in [4.78, 5) is 16.3. The van der Waals surface area contributed by atoms with Gasteiger partial charge in [0.15, 0.2) is 5.96 Å². The van der Waals surface area contributed by atoms with Crippen molar-refractivity contribution < 1.29 is 27.8 Å². The Morgan fingerprint density at radius 1 is 1.12 bits per heavy atom. The summed E-state index contributed by atoms with van der Waals surface area (Å²) < 4.78 is 43.1. The molecule has 3 rings (SSSR count). The molecule has 0 aliphatic heterocycles. The van der Waals surface area contributed by atoms with E-state index in [2.05, 4.69) is 15.6 Å². The van der Waals surface area contributed by atoms with Gasteiger partial charge in [0.1, 0.15) is 5.75 Å². The quantitative estimate of drug-likeness (QED) is 0.256. The Labute approximate surface area is 184 Å². The van der Waals surface area contributed by atoms with Crippen molar-refractivity contribution >= 4 is 17.6 Å². The molecule has 2 aromatic rings. The van der Waals surface area contributed by atoms with Crippen molar-refractivity contribution in [3.63, 3.8) is 0 Å². The number of carbonyl (C=O) groups is 1. The second-order valence-electron chi connectivity index (χ2n) is 7.69. The van der Waals surface area contributed by atoms with E-state index >= 15 is 0 Å². The van der Waals surface area contributed by atoms with Crippen molar-refractivity contribution in [3.8, 4) is 5.75 Å². The number of aromatic hydroxyl groups is 1. The Bertz CT molecular complexity index is 953. The van der Waals surface area contributed by atoms with Crippen LogP contribution in [0.15, 0.2) is 47.5 Å². The predicted molar refractivity (Wildman–Crippen MR) is 116 cm³/mol. The van der Waals surface area contributed by atoms with Gasteiger partial charge in [0, 0.05) is 6.04 Å². The number of methoxy groups -OCH3 is 1. The molecule has 0 heterocycles. The molecule has 0 unspecified atom stereocenters. The van der Waals surface area contributed by atoms with Gasteiger partial charge >= 0.3 is 12.1 Å². The normalized spacial score (nSPS) is 15.3. The number of guanidine groups is 1. The molecule has 0 spiro atoms. The standard InChI is InChI=1S/C23H26F3N3O3/c1-32-21(31)16-9-12-20(30)19(13-16)29-22(28-18-5-3-2-4-6-18)27-14-15-7-10-17(11-8-15)23(24,25)26/h7-13,18,30H,2-6,14H2,1H3,(H2,27,28,29). The lowest BCUT2D eigenvalue weighted by Gasteiger charge is -2.25. The maximum absolute atomic E-state index is 12.8. The van der Waals surface area contributed by atoms with Crippen LogP contribution in [0, 0.1) is 0 Å². The van der Waals surface area contributed by atoms with Crippen molar-refractivity contribution in [1.82, 2.24) is 5.32 Å². The molecule has 0 bridgehead atoms. The lowest BCUT2D eigenvalue weighted by atomic mass is 9.96. The molecule has 0 saturated heterocycles. The molecule has 172 valence electrons. The summed E-state index contributed by atoms with van der Waals surface area (Å²) in [5, 5.41) is 16.6. The molecular weight excluding hydrogens is 423 g/mol. The molecule has 0 amide bonds. The fourth-order valence-corrected chi connectivity index (χ4v) is 3.54. The van der Waals surface area contributed by atoms with Crippen LogP contribution in [0.5, 0.6) is 5.75 Å². The molecule has 1 saturated carbocycles. The number of hydrogen-bond donors (Lipinski definition) is 3. The number of carbonyl (C=O) groups excluding carboxylic acids is 1. The number of nitrogens with zero attached hydrogens (tertiary/aromatic N) is 1. The third-order valence-corrected chi connectivity index (χ3v) is 5.32. The third-order valence-electron chi connectivity index (χ3n) is 5.32. The summed E-state index contributed by atoms with van der Waals surface area (Å²) in [5.74, 6) is -0.254. The van der Waals surface area contributed by atoms with Gasteiger partial charge in [-0.3, -0.25) is 0 Å². The third kappa shape index (κ3) is 6.38. The molecule has 1 aliphatic carbocycles. The second-order valence-corrected chi connectivity index (χ2v) is 7.69. The first kappa shape index (κ1) is 23.4. The highest BCUT2D eigenvalue weighted by Crippen LogP contribution is 2.29. The summed E-state index contributed by atoms with van der Waals surface area (Å²) >= 11 is 0. The smallest absolute Gasteiger partial charge is 0.416 e. The molecule has 6 nitrogen and oxygen atoms in total. The number of anilines is 1. The van der Waals surface area contributed by atoms with Crippen molar-refractivity contribution in [2.24, 2.45) is 4.99 Å². The first-order chi connectivity index (χ1) is 15.3. The van der Waals surface area contributed by atoms with E-state index in [-0.39, 0.29) is 29.6 Å².